The number of hydrogen-bond acceptors (Lipinski definition) is 5. The Morgan fingerprint density at radius 3 is 2.48 bits per heavy atom. The molecule has 0 spiro atoms. The highest BCUT2D eigenvalue weighted by molar-refractivity contribution is 5.80. The van der Waals surface area contributed by atoms with E-state index in [4.69, 9.17) is 19.4 Å². The average molecular weight is 444 g/mol. The number of carboxylic acids is 1. The lowest BCUT2D eigenvalue weighted by molar-refractivity contribution is -0.192. The standard InChI is InChI=1S/C19H26N2O3.C2HF3O2/c1-14-3-2-4-15(9-14)11-20-12-16-10-17(18(13-20)24-16)19(22)21-5-7-23-8-6-21;3-2(4,5)1(6)7/h2-4,9,16-18H,5-8,10-13H2,1H3;(H,6,7)/t16-,17+,18-;/m1./s1. The van der Waals surface area contributed by atoms with E-state index in [1.165, 1.54) is 11.1 Å². The summed E-state index contributed by atoms with van der Waals surface area (Å²) in [6, 6.07) is 8.67. The van der Waals surface area contributed by atoms with Crippen LogP contribution in [0.2, 0.25) is 0 Å². The third kappa shape index (κ3) is 6.41. The van der Waals surface area contributed by atoms with Crippen molar-refractivity contribution >= 4 is 11.9 Å². The summed E-state index contributed by atoms with van der Waals surface area (Å²) in [5, 5.41) is 7.12. The number of carbonyl (C=O) groups is 2. The van der Waals surface area contributed by atoms with Crippen LogP contribution in [0.3, 0.4) is 0 Å². The number of fused-ring (bicyclic) bond motifs is 2. The van der Waals surface area contributed by atoms with Gasteiger partial charge in [-0.05, 0) is 18.9 Å². The van der Waals surface area contributed by atoms with E-state index in [9.17, 15) is 18.0 Å². The van der Waals surface area contributed by atoms with E-state index in [-0.39, 0.29) is 24.0 Å². The minimum absolute atomic E-state index is 0.0237. The quantitative estimate of drug-likeness (QED) is 0.769. The molecule has 4 rings (SSSR count). The van der Waals surface area contributed by atoms with Gasteiger partial charge in [-0.25, -0.2) is 4.79 Å². The molecule has 0 radical (unpaired) electrons. The molecule has 2 bridgehead atoms. The largest absolute Gasteiger partial charge is 0.490 e. The number of hydrogen-bond donors (Lipinski definition) is 1. The number of halogens is 3. The van der Waals surface area contributed by atoms with Gasteiger partial charge in [0.2, 0.25) is 5.91 Å². The van der Waals surface area contributed by atoms with Gasteiger partial charge < -0.3 is 19.5 Å². The number of morpholine rings is 2. The zero-order chi connectivity index (χ0) is 22.6. The number of benzene rings is 1. The van der Waals surface area contributed by atoms with E-state index >= 15 is 0 Å². The Balaban J connectivity index is 0.000000339. The molecule has 3 fully saturated rings. The van der Waals surface area contributed by atoms with Crippen molar-refractivity contribution in [2.75, 3.05) is 39.4 Å². The summed E-state index contributed by atoms with van der Waals surface area (Å²) in [6.07, 6.45) is -3.97. The molecular weight excluding hydrogens is 417 g/mol. The van der Waals surface area contributed by atoms with Crippen molar-refractivity contribution in [2.24, 2.45) is 5.92 Å². The topological polar surface area (TPSA) is 79.3 Å². The van der Waals surface area contributed by atoms with Crippen LogP contribution < -0.4 is 0 Å². The molecule has 31 heavy (non-hydrogen) atoms. The highest BCUT2D eigenvalue weighted by atomic mass is 19.4. The summed E-state index contributed by atoms with van der Waals surface area (Å²) < 4.78 is 43.2. The third-order valence-electron chi connectivity index (χ3n) is 5.60. The van der Waals surface area contributed by atoms with Crippen molar-refractivity contribution in [3.63, 3.8) is 0 Å². The second kappa shape index (κ2) is 9.97. The number of ether oxygens (including phenoxy) is 2. The molecule has 7 nitrogen and oxygen atoms in total. The Labute approximate surface area is 178 Å². The van der Waals surface area contributed by atoms with Crippen LogP contribution in [0.1, 0.15) is 17.5 Å². The molecule has 3 atom stereocenters. The van der Waals surface area contributed by atoms with Crippen LogP contribution >= 0.6 is 0 Å². The molecule has 10 heteroatoms. The van der Waals surface area contributed by atoms with Gasteiger partial charge in [0, 0.05) is 32.7 Å². The highest BCUT2D eigenvalue weighted by Crippen LogP contribution is 2.34. The maximum absolute atomic E-state index is 12.8. The summed E-state index contributed by atoms with van der Waals surface area (Å²) >= 11 is 0. The van der Waals surface area contributed by atoms with Gasteiger partial charge in [-0.2, -0.15) is 13.2 Å². The number of carboxylic acid groups (broad SMARTS) is 1. The lowest BCUT2D eigenvalue weighted by Crippen LogP contribution is -2.48. The van der Waals surface area contributed by atoms with Gasteiger partial charge in [0.25, 0.3) is 0 Å². The Morgan fingerprint density at radius 2 is 1.87 bits per heavy atom. The zero-order valence-corrected chi connectivity index (χ0v) is 17.3. The first kappa shape index (κ1) is 23.5. The lowest BCUT2D eigenvalue weighted by Gasteiger charge is -2.34. The molecule has 0 aromatic heterocycles. The first-order valence-corrected chi connectivity index (χ1v) is 10.2. The number of amides is 1. The van der Waals surface area contributed by atoms with Crippen molar-refractivity contribution in [3.8, 4) is 0 Å². The number of aryl methyl sites for hydroxylation is 1. The smallest absolute Gasteiger partial charge is 0.475 e. The molecule has 0 aliphatic carbocycles. The molecule has 172 valence electrons. The van der Waals surface area contributed by atoms with Crippen LogP contribution in [0.4, 0.5) is 13.2 Å². The SMILES string of the molecule is Cc1cccc(CN2C[C@H]3C[C@H](C(=O)N4CCOCC4)[C@@H](C2)O3)c1.O=C(O)C(F)(F)F. The van der Waals surface area contributed by atoms with E-state index in [0.717, 1.165) is 39.1 Å². The summed E-state index contributed by atoms with van der Waals surface area (Å²) in [6.45, 7) is 7.61. The molecule has 1 aromatic carbocycles. The molecule has 0 saturated carbocycles. The summed E-state index contributed by atoms with van der Waals surface area (Å²) in [5.74, 6) is -2.47. The van der Waals surface area contributed by atoms with Gasteiger partial charge in [0.05, 0.1) is 31.3 Å². The Hall–Kier alpha value is -2.17. The minimum atomic E-state index is -5.08. The molecule has 3 aliphatic heterocycles. The molecule has 1 aromatic rings. The fourth-order valence-corrected chi connectivity index (χ4v) is 4.21. The van der Waals surface area contributed by atoms with Gasteiger partial charge in [-0.3, -0.25) is 9.69 Å². The van der Waals surface area contributed by atoms with Crippen molar-refractivity contribution in [2.45, 2.75) is 38.3 Å². The second-order valence-electron chi connectivity index (χ2n) is 8.06. The van der Waals surface area contributed by atoms with Gasteiger partial charge in [0.15, 0.2) is 0 Å². The Bertz CT molecular complexity index is 783. The molecule has 1 amide bonds. The van der Waals surface area contributed by atoms with Crippen molar-refractivity contribution in [1.82, 2.24) is 9.80 Å². The van der Waals surface area contributed by atoms with Crippen LogP contribution in [0.15, 0.2) is 24.3 Å². The normalized spacial score (nSPS) is 26.2. The molecule has 3 saturated heterocycles. The fourth-order valence-electron chi connectivity index (χ4n) is 4.21. The number of nitrogens with zero attached hydrogens (tertiary/aromatic N) is 2. The summed E-state index contributed by atoms with van der Waals surface area (Å²) in [5.41, 5.74) is 2.64. The number of likely N-dealkylation sites (tertiary alicyclic amines) is 1. The zero-order valence-electron chi connectivity index (χ0n) is 17.3. The van der Waals surface area contributed by atoms with Crippen LogP contribution in [-0.2, 0) is 25.6 Å². The number of aliphatic carboxylic acids is 1. The highest BCUT2D eigenvalue weighted by Gasteiger charge is 2.45. The molecule has 3 aliphatic rings. The maximum atomic E-state index is 12.8. The lowest BCUT2D eigenvalue weighted by atomic mass is 9.98. The van der Waals surface area contributed by atoms with Crippen molar-refractivity contribution in [1.29, 1.82) is 0 Å². The van der Waals surface area contributed by atoms with Crippen molar-refractivity contribution in [3.05, 3.63) is 35.4 Å². The Morgan fingerprint density at radius 1 is 1.19 bits per heavy atom. The molecular formula is C21H27F3N2O5. The Kier molecular flexibility index (Phi) is 7.55. The van der Waals surface area contributed by atoms with Crippen LogP contribution in [-0.4, -0.2) is 84.6 Å². The third-order valence-corrected chi connectivity index (χ3v) is 5.60. The average Bonchev–Trinajstić information content (AvgIpc) is 3.02. The predicted octanol–water partition coefficient (Wildman–Crippen LogP) is 2.08. The number of carbonyl (C=O) groups excluding carboxylic acids is 1. The maximum Gasteiger partial charge on any atom is 0.490 e. The van der Waals surface area contributed by atoms with E-state index in [0.29, 0.717) is 13.2 Å². The van der Waals surface area contributed by atoms with Crippen LogP contribution in [0, 0.1) is 12.8 Å². The first-order chi connectivity index (χ1) is 14.6. The minimum Gasteiger partial charge on any atom is -0.475 e. The second-order valence-corrected chi connectivity index (χ2v) is 8.06. The molecule has 1 N–H and O–H groups in total. The first-order valence-electron chi connectivity index (χ1n) is 10.2. The van der Waals surface area contributed by atoms with Gasteiger partial charge in [0.1, 0.15) is 0 Å². The van der Waals surface area contributed by atoms with E-state index in [2.05, 4.69) is 36.1 Å². The van der Waals surface area contributed by atoms with Gasteiger partial charge in [-0.1, -0.05) is 29.8 Å². The monoisotopic (exact) mass is 444 g/mol. The predicted molar refractivity (Wildman–Crippen MR) is 104 cm³/mol. The number of alkyl halides is 3. The summed E-state index contributed by atoms with van der Waals surface area (Å²) in [4.78, 5) is 26.1. The van der Waals surface area contributed by atoms with E-state index in [1.54, 1.807) is 0 Å². The molecule has 0 unspecified atom stereocenters. The van der Waals surface area contributed by atoms with Crippen LogP contribution in [0.25, 0.3) is 0 Å². The van der Waals surface area contributed by atoms with Gasteiger partial charge >= 0.3 is 12.1 Å². The number of rotatable bonds is 3. The van der Waals surface area contributed by atoms with E-state index in [1.807, 2.05) is 4.90 Å². The van der Waals surface area contributed by atoms with E-state index < -0.39 is 12.1 Å². The van der Waals surface area contributed by atoms with Gasteiger partial charge in [-0.15, -0.1) is 0 Å². The fraction of sp³-hybridized carbons (Fsp3) is 0.619. The van der Waals surface area contributed by atoms with Crippen LogP contribution in [0.5, 0.6) is 0 Å². The van der Waals surface area contributed by atoms with Crippen molar-refractivity contribution < 1.29 is 37.3 Å². The summed E-state index contributed by atoms with van der Waals surface area (Å²) in [7, 11) is 0. The molecule has 3 heterocycles.